The number of nitrogens with zero attached hydrogens (tertiary/aromatic N) is 5. The molecule has 43 heavy (non-hydrogen) atoms. The molecule has 0 aliphatic carbocycles. The molecular formula is C35H45N5O3. The van der Waals surface area contributed by atoms with Gasteiger partial charge in [0.15, 0.2) is 11.5 Å². The quantitative estimate of drug-likeness (QED) is 0.368. The number of methoxy groups -OCH3 is 2. The molecule has 0 saturated carbocycles. The number of carbonyl (C=O) groups excluding carboxylic acids is 1. The van der Waals surface area contributed by atoms with E-state index >= 15 is 0 Å². The van der Waals surface area contributed by atoms with Crippen molar-refractivity contribution in [1.29, 1.82) is 0 Å². The van der Waals surface area contributed by atoms with Gasteiger partial charge in [-0.1, -0.05) is 36.4 Å². The van der Waals surface area contributed by atoms with E-state index in [9.17, 15) is 4.79 Å². The summed E-state index contributed by atoms with van der Waals surface area (Å²) in [6, 6.07) is 21.6. The van der Waals surface area contributed by atoms with Gasteiger partial charge in [-0.3, -0.25) is 14.6 Å². The lowest BCUT2D eigenvalue weighted by atomic mass is 9.85. The molecule has 2 fully saturated rings. The fourth-order valence-corrected chi connectivity index (χ4v) is 7.23. The summed E-state index contributed by atoms with van der Waals surface area (Å²) in [6.45, 7) is 8.21. The molecule has 2 saturated heterocycles. The molecule has 8 nitrogen and oxygen atoms in total. The number of rotatable bonds is 9. The van der Waals surface area contributed by atoms with E-state index < -0.39 is 0 Å². The highest BCUT2D eigenvalue weighted by Crippen LogP contribution is 2.36. The maximum Gasteiger partial charge on any atom is 0.222 e. The van der Waals surface area contributed by atoms with Crippen LogP contribution in [0.2, 0.25) is 0 Å². The van der Waals surface area contributed by atoms with Gasteiger partial charge in [-0.15, -0.1) is 0 Å². The van der Waals surface area contributed by atoms with Crippen molar-refractivity contribution >= 4 is 11.7 Å². The summed E-state index contributed by atoms with van der Waals surface area (Å²) in [5.41, 5.74) is 4.04. The third-order valence-corrected chi connectivity index (χ3v) is 9.58. The summed E-state index contributed by atoms with van der Waals surface area (Å²) in [4.78, 5) is 27.6. The zero-order valence-corrected chi connectivity index (χ0v) is 25.7. The number of hydrogen-bond donors (Lipinski definition) is 0. The Balaban J connectivity index is 1.11. The Kier molecular flexibility index (Phi) is 9.44. The summed E-state index contributed by atoms with van der Waals surface area (Å²) in [6.07, 6.45) is 5.50. The van der Waals surface area contributed by atoms with Crippen LogP contribution in [0.5, 0.6) is 11.5 Å². The predicted octanol–water partition coefficient (Wildman–Crippen LogP) is 4.48. The van der Waals surface area contributed by atoms with Gasteiger partial charge >= 0.3 is 0 Å². The first-order chi connectivity index (χ1) is 21.1. The van der Waals surface area contributed by atoms with Crippen LogP contribution in [0.15, 0.2) is 66.9 Å². The van der Waals surface area contributed by atoms with Gasteiger partial charge in [0.1, 0.15) is 5.82 Å². The molecule has 0 unspecified atom stereocenters. The van der Waals surface area contributed by atoms with Gasteiger partial charge in [-0.05, 0) is 72.7 Å². The van der Waals surface area contributed by atoms with Crippen LogP contribution in [0.1, 0.15) is 36.0 Å². The van der Waals surface area contributed by atoms with E-state index in [1.165, 1.54) is 16.7 Å². The lowest BCUT2D eigenvalue weighted by molar-refractivity contribution is -0.132. The van der Waals surface area contributed by atoms with E-state index in [4.69, 9.17) is 9.47 Å². The molecule has 2 aromatic carbocycles. The lowest BCUT2D eigenvalue weighted by Crippen LogP contribution is -2.52. The van der Waals surface area contributed by atoms with Crippen LogP contribution >= 0.6 is 0 Å². The largest absolute Gasteiger partial charge is 0.493 e. The molecule has 0 N–H and O–H groups in total. The number of hydrogen-bond acceptors (Lipinski definition) is 7. The van der Waals surface area contributed by atoms with Crippen LogP contribution in [0.3, 0.4) is 0 Å². The van der Waals surface area contributed by atoms with Crippen molar-refractivity contribution in [2.24, 2.45) is 5.92 Å². The smallest absolute Gasteiger partial charge is 0.222 e. The van der Waals surface area contributed by atoms with E-state index in [1.807, 2.05) is 24.4 Å². The van der Waals surface area contributed by atoms with Crippen LogP contribution in [0, 0.1) is 5.92 Å². The van der Waals surface area contributed by atoms with Gasteiger partial charge in [-0.2, -0.15) is 0 Å². The minimum Gasteiger partial charge on any atom is -0.493 e. The van der Waals surface area contributed by atoms with Crippen molar-refractivity contribution in [2.75, 3.05) is 64.9 Å². The number of amides is 1. The minimum absolute atomic E-state index is 0.292. The first-order valence-electron chi connectivity index (χ1n) is 15.8. The summed E-state index contributed by atoms with van der Waals surface area (Å²) in [5, 5.41) is 0. The second-order valence-electron chi connectivity index (χ2n) is 12.1. The Morgan fingerprint density at radius 2 is 1.63 bits per heavy atom. The number of piperidine rings is 1. The van der Waals surface area contributed by atoms with Gasteiger partial charge < -0.3 is 19.3 Å². The van der Waals surface area contributed by atoms with Crippen molar-refractivity contribution in [2.45, 2.75) is 44.8 Å². The Labute approximate surface area is 256 Å². The molecule has 4 heterocycles. The minimum atomic E-state index is 0.292. The van der Waals surface area contributed by atoms with Gasteiger partial charge in [0, 0.05) is 71.0 Å². The van der Waals surface area contributed by atoms with Crippen LogP contribution in [0.25, 0.3) is 0 Å². The van der Waals surface area contributed by atoms with Gasteiger partial charge in [0.05, 0.1) is 14.2 Å². The molecule has 2 atom stereocenters. The summed E-state index contributed by atoms with van der Waals surface area (Å²) in [7, 11) is 3.41. The summed E-state index contributed by atoms with van der Waals surface area (Å²) >= 11 is 0. The normalized spacial score (nSPS) is 21.3. The highest BCUT2D eigenvalue weighted by atomic mass is 16.5. The second-order valence-corrected chi connectivity index (χ2v) is 12.1. The Morgan fingerprint density at radius 3 is 2.35 bits per heavy atom. The van der Waals surface area contributed by atoms with Crippen molar-refractivity contribution in [1.82, 2.24) is 19.7 Å². The number of likely N-dealkylation sites (tertiary alicyclic amines) is 1. The SMILES string of the molecule is COc1cc2c(cc1OC)CN([C@@H]1CCN(Cc3ccccc3)C[C@@H]1CCC(=O)N1CCN(c3ccccn3)CC1)CC2. The first kappa shape index (κ1) is 29.5. The molecule has 3 aliphatic heterocycles. The van der Waals surface area contributed by atoms with E-state index in [-0.39, 0.29) is 0 Å². The average Bonchev–Trinajstić information content (AvgIpc) is 3.07. The van der Waals surface area contributed by atoms with Crippen molar-refractivity contribution in [3.8, 4) is 11.5 Å². The number of carbonyl (C=O) groups is 1. The fourth-order valence-electron chi connectivity index (χ4n) is 7.23. The zero-order valence-electron chi connectivity index (χ0n) is 25.7. The average molecular weight is 584 g/mol. The predicted molar refractivity (Wildman–Crippen MR) is 170 cm³/mol. The molecule has 0 bridgehead atoms. The zero-order chi connectivity index (χ0) is 29.6. The number of ether oxygens (including phenoxy) is 2. The Bertz CT molecular complexity index is 1350. The molecule has 3 aromatic rings. The number of benzene rings is 2. The first-order valence-corrected chi connectivity index (χ1v) is 15.8. The fraction of sp³-hybridized carbons (Fsp3) is 0.486. The van der Waals surface area contributed by atoms with E-state index in [2.05, 4.69) is 67.0 Å². The van der Waals surface area contributed by atoms with E-state index in [0.717, 1.165) is 95.5 Å². The highest BCUT2D eigenvalue weighted by Gasteiger charge is 2.35. The van der Waals surface area contributed by atoms with E-state index in [0.29, 0.717) is 24.3 Å². The topological polar surface area (TPSA) is 61.4 Å². The number of piperazine rings is 1. The maximum atomic E-state index is 13.5. The van der Waals surface area contributed by atoms with Crippen molar-refractivity contribution in [3.63, 3.8) is 0 Å². The number of anilines is 1. The van der Waals surface area contributed by atoms with Gasteiger partial charge in [0.25, 0.3) is 0 Å². The maximum absolute atomic E-state index is 13.5. The molecule has 0 radical (unpaired) electrons. The third-order valence-electron chi connectivity index (χ3n) is 9.58. The van der Waals surface area contributed by atoms with Crippen LogP contribution < -0.4 is 14.4 Å². The monoisotopic (exact) mass is 583 g/mol. The van der Waals surface area contributed by atoms with Gasteiger partial charge in [0.2, 0.25) is 5.91 Å². The molecule has 1 amide bonds. The Hall–Kier alpha value is -3.62. The third kappa shape index (κ3) is 6.97. The summed E-state index contributed by atoms with van der Waals surface area (Å²) in [5.74, 6) is 3.34. The number of aromatic nitrogens is 1. The second kappa shape index (κ2) is 13.8. The highest BCUT2D eigenvalue weighted by molar-refractivity contribution is 5.76. The van der Waals surface area contributed by atoms with Gasteiger partial charge in [-0.25, -0.2) is 4.98 Å². The van der Waals surface area contributed by atoms with Crippen molar-refractivity contribution < 1.29 is 14.3 Å². The number of fused-ring (bicyclic) bond motifs is 1. The summed E-state index contributed by atoms with van der Waals surface area (Å²) < 4.78 is 11.2. The molecular weight excluding hydrogens is 538 g/mol. The van der Waals surface area contributed by atoms with Crippen LogP contribution in [-0.4, -0.2) is 91.7 Å². The molecule has 228 valence electrons. The van der Waals surface area contributed by atoms with Crippen molar-refractivity contribution in [3.05, 3.63) is 83.6 Å². The molecule has 3 aliphatic rings. The van der Waals surface area contributed by atoms with E-state index in [1.54, 1.807) is 14.2 Å². The number of pyridine rings is 1. The van der Waals surface area contributed by atoms with Crippen LogP contribution in [-0.2, 0) is 24.3 Å². The Morgan fingerprint density at radius 1 is 0.884 bits per heavy atom. The molecule has 0 spiro atoms. The standard InChI is InChI=1S/C35H45N5O3/c1-42-32-22-28-13-17-40(26-30(28)23-33(32)43-2)31-14-16-37(24-27-8-4-3-5-9-27)25-29(31)11-12-35(41)39-20-18-38(19-21-39)34-10-6-7-15-36-34/h3-10,15,22-23,29,31H,11-14,16-21,24-26H2,1-2H3/t29-,31+/m0/s1. The molecule has 6 rings (SSSR count). The molecule has 8 heteroatoms. The lowest BCUT2D eigenvalue weighted by Gasteiger charge is -2.46. The van der Waals surface area contributed by atoms with Crippen LogP contribution in [0.4, 0.5) is 5.82 Å². The molecule has 1 aromatic heterocycles.